The van der Waals surface area contributed by atoms with Crippen LogP contribution in [0.4, 0.5) is 5.82 Å². The largest absolute Gasteiger partial charge is 0.355 e. The van der Waals surface area contributed by atoms with Crippen LogP contribution in [-0.2, 0) is 0 Å². The molecule has 0 atom stereocenters. The van der Waals surface area contributed by atoms with Gasteiger partial charge in [-0.2, -0.15) is 0 Å². The van der Waals surface area contributed by atoms with Gasteiger partial charge in [0.05, 0.1) is 5.52 Å². The van der Waals surface area contributed by atoms with Crippen LogP contribution in [0.15, 0.2) is 30.3 Å². The summed E-state index contributed by atoms with van der Waals surface area (Å²) in [7, 11) is 0. The van der Waals surface area contributed by atoms with Crippen LogP contribution in [0.3, 0.4) is 0 Å². The van der Waals surface area contributed by atoms with Gasteiger partial charge in [-0.25, -0.2) is 0 Å². The monoisotopic (exact) mass is 213 g/mol. The highest BCUT2D eigenvalue weighted by atomic mass is 15.3. The molecule has 3 heteroatoms. The second-order valence-electron chi connectivity index (χ2n) is 4.31. The molecule has 1 fully saturated rings. The Morgan fingerprint density at radius 1 is 0.938 bits per heavy atom. The summed E-state index contributed by atoms with van der Waals surface area (Å²) in [4.78, 5) is 2.34. The zero-order valence-corrected chi connectivity index (χ0v) is 9.26. The van der Waals surface area contributed by atoms with E-state index in [1.165, 1.54) is 24.6 Å². The lowest BCUT2D eigenvalue weighted by Gasteiger charge is -2.27. The molecule has 3 rings (SSSR count). The first-order valence-corrected chi connectivity index (χ1v) is 5.91. The van der Waals surface area contributed by atoms with Gasteiger partial charge in [-0.1, -0.05) is 18.2 Å². The van der Waals surface area contributed by atoms with Crippen LogP contribution in [0.2, 0.25) is 0 Å². The molecular weight excluding hydrogens is 198 g/mol. The van der Waals surface area contributed by atoms with E-state index in [-0.39, 0.29) is 0 Å². The smallest absolute Gasteiger partial charge is 0.151 e. The molecule has 3 nitrogen and oxygen atoms in total. The van der Waals surface area contributed by atoms with E-state index in [2.05, 4.69) is 27.2 Å². The summed E-state index contributed by atoms with van der Waals surface area (Å²) in [5.41, 5.74) is 0.975. The van der Waals surface area contributed by atoms with Gasteiger partial charge in [0.2, 0.25) is 0 Å². The van der Waals surface area contributed by atoms with Crippen molar-refractivity contribution in [1.29, 1.82) is 0 Å². The molecule has 16 heavy (non-hydrogen) atoms. The van der Waals surface area contributed by atoms with Crippen molar-refractivity contribution in [2.24, 2.45) is 0 Å². The Morgan fingerprint density at radius 3 is 2.62 bits per heavy atom. The third-order valence-electron chi connectivity index (χ3n) is 3.16. The topological polar surface area (TPSA) is 29.0 Å². The standard InChI is InChI=1S/C13H15N3/c1-4-8-16(9-5-1)13-10-11-6-2-3-7-12(11)14-15-13/h2-3,6-7,10H,1,4-5,8-9H2. The zero-order valence-electron chi connectivity index (χ0n) is 9.26. The number of benzene rings is 1. The first-order chi connectivity index (χ1) is 7.93. The quantitative estimate of drug-likeness (QED) is 0.729. The molecule has 0 spiro atoms. The van der Waals surface area contributed by atoms with E-state index in [1.54, 1.807) is 0 Å². The molecule has 0 N–H and O–H groups in total. The maximum absolute atomic E-state index is 4.31. The van der Waals surface area contributed by atoms with Crippen molar-refractivity contribution in [3.8, 4) is 0 Å². The molecule has 1 aliphatic heterocycles. The second kappa shape index (κ2) is 4.08. The Kier molecular flexibility index (Phi) is 2.44. The summed E-state index contributed by atoms with van der Waals surface area (Å²) in [6.07, 6.45) is 3.89. The SMILES string of the molecule is c1ccc2nnc(N3CCCCC3)cc2c1. The number of anilines is 1. The van der Waals surface area contributed by atoms with Crippen LogP contribution in [0.1, 0.15) is 19.3 Å². The van der Waals surface area contributed by atoms with E-state index in [0.717, 1.165) is 24.4 Å². The molecule has 0 unspecified atom stereocenters. The number of aromatic nitrogens is 2. The summed E-state index contributed by atoms with van der Waals surface area (Å²) in [6, 6.07) is 10.3. The molecular formula is C13H15N3. The van der Waals surface area contributed by atoms with Gasteiger partial charge in [0, 0.05) is 18.5 Å². The molecule has 0 bridgehead atoms. The van der Waals surface area contributed by atoms with Crippen LogP contribution in [0, 0.1) is 0 Å². The molecule has 2 heterocycles. The summed E-state index contributed by atoms with van der Waals surface area (Å²) < 4.78 is 0. The van der Waals surface area contributed by atoms with Crippen LogP contribution < -0.4 is 4.90 Å². The Morgan fingerprint density at radius 2 is 1.75 bits per heavy atom. The average molecular weight is 213 g/mol. The zero-order chi connectivity index (χ0) is 10.8. The number of fused-ring (bicyclic) bond motifs is 1. The minimum Gasteiger partial charge on any atom is -0.355 e. The predicted molar refractivity (Wildman–Crippen MR) is 65.6 cm³/mol. The Hall–Kier alpha value is -1.64. The van der Waals surface area contributed by atoms with E-state index in [1.807, 2.05) is 18.2 Å². The second-order valence-corrected chi connectivity index (χ2v) is 4.31. The van der Waals surface area contributed by atoms with Crippen molar-refractivity contribution in [1.82, 2.24) is 10.2 Å². The summed E-state index contributed by atoms with van der Waals surface area (Å²) in [5.74, 6) is 1.03. The Balaban J connectivity index is 1.97. The lowest BCUT2D eigenvalue weighted by atomic mass is 10.1. The van der Waals surface area contributed by atoms with Crippen molar-refractivity contribution >= 4 is 16.7 Å². The molecule has 0 aliphatic carbocycles. The molecule has 82 valence electrons. The van der Waals surface area contributed by atoms with Gasteiger partial charge in [-0.15, -0.1) is 10.2 Å². The van der Waals surface area contributed by atoms with Crippen molar-refractivity contribution in [3.05, 3.63) is 30.3 Å². The predicted octanol–water partition coefficient (Wildman–Crippen LogP) is 2.62. The highest BCUT2D eigenvalue weighted by molar-refractivity contribution is 5.80. The number of rotatable bonds is 1. The lowest BCUT2D eigenvalue weighted by Crippen LogP contribution is -2.30. The van der Waals surface area contributed by atoms with Crippen LogP contribution in [-0.4, -0.2) is 23.3 Å². The average Bonchev–Trinajstić information content (AvgIpc) is 2.39. The molecule has 1 aliphatic rings. The molecule has 1 saturated heterocycles. The minimum absolute atomic E-state index is 0.975. The fourth-order valence-corrected chi connectivity index (χ4v) is 2.25. The van der Waals surface area contributed by atoms with E-state index < -0.39 is 0 Å². The molecule has 0 radical (unpaired) electrons. The molecule has 1 aromatic carbocycles. The van der Waals surface area contributed by atoms with Gasteiger partial charge in [0.15, 0.2) is 5.82 Å². The number of nitrogens with zero attached hydrogens (tertiary/aromatic N) is 3. The summed E-state index contributed by atoms with van der Waals surface area (Å²) in [6.45, 7) is 2.24. The van der Waals surface area contributed by atoms with Crippen molar-refractivity contribution in [2.75, 3.05) is 18.0 Å². The lowest BCUT2D eigenvalue weighted by molar-refractivity contribution is 0.572. The van der Waals surface area contributed by atoms with Gasteiger partial charge in [-0.3, -0.25) is 0 Å². The molecule has 0 saturated carbocycles. The van der Waals surface area contributed by atoms with E-state index >= 15 is 0 Å². The third-order valence-corrected chi connectivity index (χ3v) is 3.16. The fraction of sp³-hybridized carbons (Fsp3) is 0.385. The van der Waals surface area contributed by atoms with Gasteiger partial charge in [-0.05, 0) is 31.4 Å². The van der Waals surface area contributed by atoms with Crippen molar-refractivity contribution < 1.29 is 0 Å². The summed E-state index contributed by atoms with van der Waals surface area (Å²) in [5, 5.41) is 9.75. The number of hydrogen-bond acceptors (Lipinski definition) is 3. The fourth-order valence-electron chi connectivity index (χ4n) is 2.25. The molecule has 0 amide bonds. The van der Waals surface area contributed by atoms with Crippen LogP contribution >= 0.6 is 0 Å². The van der Waals surface area contributed by atoms with Gasteiger partial charge < -0.3 is 4.90 Å². The maximum Gasteiger partial charge on any atom is 0.151 e. The Bertz CT molecular complexity index is 489. The van der Waals surface area contributed by atoms with E-state index in [9.17, 15) is 0 Å². The van der Waals surface area contributed by atoms with E-state index in [4.69, 9.17) is 0 Å². The normalized spacial score (nSPS) is 16.6. The number of piperidine rings is 1. The van der Waals surface area contributed by atoms with Crippen molar-refractivity contribution in [2.45, 2.75) is 19.3 Å². The van der Waals surface area contributed by atoms with E-state index in [0.29, 0.717) is 0 Å². The van der Waals surface area contributed by atoms with Crippen LogP contribution in [0.5, 0.6) is 0 Å². The Labute approximate surface area is 95.1 Å². The first kappa shape index (κ1) is 9.58. The minimum atomic E-state index is 0.975. The number of hydrogen-bond donors (Lipinski definition) is 0. The van der Waals surface area contributed by atoms with Gasteiger partial charge in [0.25, 0.3) is 0 Å². The molecule has 2 aromatic rings. The third kappa shape index (κ3) is 1.73. The highest BCUT2D eigenvalue weighted by Gasteiger charge is 2.12. The highest BCUT2D eigenvalue weighted by Crippen LogP contribution is 2.20. The summed E-state index contributed by atoms with van der Waals surface area (Å²) >= 11 is 0. The maximum atomic E-state index is 4.31. The van der Waals surface area contributed by atoms with Gasteiger partial charge >= 0.3 is 0 Å². The van der Waals surface area contributed by atoms with Gasteiger partial charge in [0.1, 0.15) is 0 Å². The molecule has 1 aromatic heterocycles. The first-order valence-electron chi connectivity index (χ1n) is 5.91. The van der Waals surface area contributed by atoms with Crippen molar-refractivity contribution in [3.63, 3.8) is 0 Å². The van der Waals surface area contributed by atoms with Crippen LogP contribution in [0.25, 0.3) is 10.9 Å².